The Morgan fingerprint density at radius 1 is 1.11 bits per heavy atom. The van der Waals surface area contributed by atoms with Crippen molar-refractivity contribution in [2.24, 2.45) is 0 Å². The SMILES string of the molecule is CCNC(=O)Nc1cccc(Cn2nc(-c3cccc(O)c3)ccc2=O)c1. The van der Waals surface area contributed by atoms with Gasteiger partial charge in [0.05, 0.1) is 12.2 Å². The summed E-state index contributed by atoms with van der Waals surface area (Å²) in [6.07, 6.45) is 0. The number of anilines is 1. The highest BCUT2D eigenvalue weighted by Crippen LogP contribution is 2.20. The minimum absolute atomic E-state index is 0.135. The maximum Gasteiger partial charge on any atom is 0.319 e. The zero-order valence-corrected chi connectivity index (χ0v) is 14.8. The van der Waals surface area contributed by atoms with E-state index in [1.54, 1.807) is 42.5 Å². The van der Waals surface area contributed by atoms with Crippen molar-refractivity contribution < 1.29 is 9.90 Å². The van der Waals surface area contributed by atoms with E-state index in [9.17, 15) is 14.7 Å². The smallest absolute Gasteiger partial charge is 0.319 e. The highest BCUT2D eigenvalue weighted by Gasteiger charge is 2.06. The van der Waals surface area contributed by atoms with Crippen molar-refractivity contribution in [3.63, 3.8) is 0 Å². The van der Waals surface area contributed by atoms with Crippen LogP contribution in [0.4, 0.5) is 10.5 Å². The molecule has 0 atom stereocenters. The quantitative estimate of drug-likeness (QED) is 0.649. The van der Waals surface area contributed by atoms with Crippen LogP contribution >= 0.6 is 0 Å². The van der Waals surface area contributed by atoms with Crippen molar-refractivity contribution in [3.05, 3.63) is 76.6 Å². The van der Waals surface area contributed by atoms with Gasteiger partial charge < -0.3 is 15.7 Å². The minimum Gasteiger partial charge on any atom is -0.508 e. The van der Waals surface area contributed by atoms with Crippen LogP contribution in [0.3, 0.4) is 0 Å². The third-order valence-electron chi connectivity index (χ3n) is 3.86. The number of phenolic OH excluding ortho intramolecular Hbond substituents is 1. The summed E-state index contributed by atoms with van der Waals surface area (Å²) in [7, 11) is 0. The van der Waals surface area contributed by atoms with Gasteiger partial charge in [-0.05, 0) is 42.8 Å². The summed E-state index contributed by atoms with van der Waals surface area (Å²) in [6, 6.07) is 16.7. The molecule has 2 aromatic carbocycles. The first-order valence-electron chi connectivity index (χ1n) is 8.56. The number of aromatic nitrogens is 2. The van der Waals surface area contributed by atoms with Crippen LogP contribution in [0, 0.1) is 0 Å². The Morgan fingerprint density at radius 2 is 1.93 bits per heavy atom. The maximum atomic E-state index is 12.2. The third kappa shape index (κ3) is 4.72. The summed E-state index contributed by atoms with van der Waals surface area (Å²) >= 11 is 0. The van der Waals surface area contributed by atoms with Gasteiger partial charge in [-0.1, -0.05) is 24.3 Å². The fraction of sp³-hybridized carbons (Fsp3) is 0.150. The van der Waals surface area contributed by atoms with Crippen LogP contribution in [0.15, 0.2) is 65.5 Å². The van der Waals surface area contributed by atoms with Crippen molar-refractivity contribution in [1.82, 2.24) is 15.1 Å². The van der Waals surface area contributed by atoms with E-state index in [2.05, 4.69) is 15.7 Å². The van der Waals surface area contributed by atoms with Gasteiger partial charge in [0.1, 0.15) is 5.75 Å². The van der Waals surface area contributed by atoms with E-state index in [0.717, 1.165) is 11.1 Å². The second kappa shape index (κ2) is 8.18. The molecule has 0 bridgehead atoms. The molecule has 2 amide bonds. The highest BCUT2D eigenvalue weighted by molar-refractivity contribution is 5.89. The van der Waals surface area contributed by atoms with Crippen LogP contribution in [-0.4, -0.2) is 27.5 Å². The zero-order valence-electron chi connectivity index (χ0n) is 14.8. The molecule has 0 radical (unpaired) electrons. The molecule has 0 saturated carbocycles. The van der Waals surface area contributed by atoms with Gasteiger partial charge >= 0.3 is 6.03 Å². The van der Waals surface area contributed by atoms with Gasteiger partial charge in [0.2, 0.25) is 0 Å². The summed E-state index contributed by atoms with van der Waals surface area (Å²) in [5.41, 5.74) is 2.53. The zero-order chi connectivity index (χ0) is 19.2. The molecule has 1 heterocycles. The number of urea groups is 1. The first kappa shape index (κ1) is 18.2. The predicted octanol–water partition coefficient (Wildman–Crippen LogP) is 2.81. The first-order valence-corrected chi connectivity index (χ1v) is 8.56. The first-order chi connectivity index (χ1) is 13.0. The van der Waals surface area contributed by atoms with E-state index in [4.69, 9.17) is 0 Å². The lowest BCUT2D eigenvalue weighted by Gasteiger charge is -2.10. The Labute approximate surface area is 156 Å². The van der Waals surface area contributed by atoms with Crippen molar-refractivity contribution in [2.45, 2.75) is 13.5 Å². The molecule has 3 N–H and O–H groups in total. The molecule has 3 rings (SSSR count). The van der Waals surface area contributed by atoms with Crippen LogP contribution < -0.4 is 16.2 Å². The van der Waals surface area contributed by atoms with Crippen LogP contribution in [-0.2, 0) is 6.54 Å². The average Bonchev–Trinajstić information content (AvgIpc) is 2.64. The molecule has 0 aliphatic carbocycles. The molecule has 0 fully saturated rings. The van der Waals surface area contributed by atoms with E-state index in [-0.39, 0.29) is 23.9 Å². The molecular weight excluding hydrogens is 344 g/mol. The van der Waals surface area contributed by atoms with E-state index >= 15 is 0 Å². The van der Waals surface area contributed by atoms with Crippen molar-refractivity contribution >= 4 is 11.7 Å². The highest BCUT2D eigenvalue weighted by atomic mass is 16.3. The van der Waals surface area contributed by atoms with E-state index in [1.165, 1.54) is 10.7 Å². The lowest BCUT2D eigenvalue weighted by atomic mass is 10.1. The number of hydrogen-bond acceptors (Lipinski definition) is 4. The Balaban J connectivity index is 1.84. The number of amides is 2. The molecule has 7 nitrogen and oxygen atoms in total. The molecule has 7 heteroatoms. The molecule has 3 aromatic rings. The summed E-state index contributed by atoms with van der Waals surface area (Å²) in [6.45, 7) is 2.64. The number of carbonyl (C=O) groups excluding carboxylic acids is 1. The number of aromatic hydroxyl groups is 1. The van der Waals surface area contributed by atoms with Gasteiger partial charge in [-0.15, -0.1) is 0 Å². The van der Waals surface area contributed by atoms with Crippen LogP contribution in [0.5, 0.6) is 5.75 Å². The maximum absolute atomic E-state index is 12.2. The average molecular weight is 364 g/mol. The molecule has 0 saturated heterocycles. The number of benzene rings is 2. The van der Waals surface area contributed by atoms with E-state index in [1.807, 2.05) is 19.1 Å². The monoisotopic (exact) mass is 364 g/mol. The van der Waals surface area contributed by atoms with Crippen LogP contribution in [0.1, 0.15) is 12.5 Å². The largest absolute Gasteiger partial charge is 0.508 e. The Kier molecular flexibility index (Phi) is 5.51. The van der Waals surface area contributed by atoms with Gasteiger partial charge in [-0.3, -0.25) is 4.79 Å². The molecule has 0 aliphatic heterocycles. The Hall–Kier alpha value is -3.61. The summed E-state index contributed by atoms with van der Waals surface area (Å²) in [4.78, 5) is 23.8. The topological polar surface area (TPSA) is 96.2 Å². The summed E-state index contributed by atoms with van der Waals surface area (Å²) in [5.74, 6) is 0.135. The van der Waals surface area contributed by atoms with Crippen molar-refractivity contribution in [3.8, 4) is 17.0 Å². The molecule has 0 spiro atoms. The van der Waals surface area contributed by atoms with Crippen molar-refractivity contribution in [1.29, 1.82) is 0 Å². The lowest BCUT2D eigenvalue weighted by Crippen LogP contribution is -2.28. The van der Waals surface area contributed by atoms with Gasteiger partial charge in [0.15, 0.2) is 0 Å². The predicted molar refractivity (Wildman–Crippen MR) is 104 cm³/mol. The van der Waals surface area contributed by atoms with Gasteiger partial charge in [0.25, 0.3) is 5.56 Å². The second-order valence-corrected chi connectivity index (χ2v) is 5.95. The van der Waals surface area contributed by atoms with Gasteiger partial charge in [-0.25, -0.2) is 9.48 Å². The molecule has 138 valence electrons. The number of nitrogens with one attached hydrogen (secondary N) is 2. The number of hydrogen-bond donors (Lipinski definition) is 3. The second-order valence-electron chi connectivity index (χ2n) is 5.95. The number of phenols is 1. The molecule has 1 aromatic heterocycles. The van der Waals surface area contributed by atoms with Gasteiger partial charge in [0, 0.05) is 23.9 Å². The van der Waals surface area contributed by atoms with E-state index < -0.39 is 0 Å². The fourth-order valence-electron chi connectivity index (χ4n) is 2.64. The lowest BCUT2D eigenvalue weighted by molar-refractivity contribution is 0.252. The molecule has 0 unspecified atom stereocenters. The fourth-order valence-corrected chi connectivity index (χ4v) is 2.64. The number of nitrogens with zero attached hydrogens (tertiary/aromatic N) is 2. The van der Waals surface area contributed by atoms with E-state index in [0.29, 0.717) is 17.9 Å². The third-order valence-corrected chi connectivity index (χ3v) is 3.86. The summed E-state index contributed by atoms with van der Waals surface area (Å²) < 4.78 is 1.35. The number of rotatable bonds is 5. The molecular formula is C20H20N4O3. The standard InChI is InChI=1S/C20H20N4O3/c1-2-21-20(27)22-16-7-3-5-14(11-16)13-24-19(26)10-9-18(23-24)15-6-4-8-17(25)12-15/h3-12,25H,2,13H2,1H3,(H2,21,22,27). The Bertz CT molecular complexity index is 1010. The minimum atomic E-state index is -0.282. The normalized spacial score (nSPS) is 10.4. The van der Waals surface area contributed by atoms with Crippen LogP contribution in [0.25, 0.3) is 11.3 Å². The number of carbonyl (C=O) groups is 1. The van der Waals surface area contributed by atoms with Gasteiger partial charge in [-0.2, -0.15) is 5.10 Å². The van der Waals surface area contributed by atoms with Crippen LogP contribution in [0.2, 0.25) is 0 Å². The Morgan fingerprint density at radius 3 is 2.70 bits per heavy atom. The van der Waals surface area contributed by atoms with Crippen molar-refractivity contribution in [2.75, 3.05) is 11.9 Å². The summed E-state index contributed by atoms with van der Waals surface area (Å²) in [5, 5.41) is 19.4. The molecule has 0 aliphatic rings. The molecule has 27 heavy (non-hydrogen) atoms.